The molecule has 0 fully saturated rings. The van der Waals surface area contributed by atoms with E-state index < -0.39 is 0 Å². The van der Waals surface area contributed by atoms with Crippen LogP contribution in [0, 0.1) is 5.82 Å². The standard InChI is InChI=1S/C19H22BrFN6O/c1-25(2)9-7-17(14-3-5-16(21)6-4-14)23-19(28)18-8-10-26(24-18)13-27-12-15(20)11-22-27/h3-6,8,10-12,17H,7,9,13H2,1-2H3,(H,23,28). The zero-order valence-electron chi connectivity index (χ0n) is 15.7. The molecule has 0 radical (unpaired) electrons. The van der Waals surface area contributed by atoms with Crippen molar-refractivity contribution in [3.8, 4) is 0 Å². The molecule has 1 amide bonds. The molecule has 0 saturated heterocycles. The van der Waals surface area contributed by atoms with Crippen molar-refractivity contribution in [3.63, 3.8) is 0 Å². The second-order valence-corrected chi connectivity index (χ2v) is 7.67. The Bertz CT molecular complexity index is 921. The molecule has 0 aliphatic rings. The van der Waals surface area contributed by atoms with E-state index >= 15 is 0 Å². The molecule has 28 heavy (non-hydrogen) atoms. The predicted molar refractivity (Wildman–Crippen MR) is 107 cm³/mol. The Morgan fingerprint density at radius 3 is 2.64 bits per heavy atom. The molecule has 0 spiro atoms. The summed E-state index contributed by atoms with van der Waals surface area (Å²) in [4.78, 5) is 14.7. The zero-order valence-corrected chi connectivity index (χ0v) is 17.3. The lowest BCUT2D eigenvalue weighted by Gasteiger charge is -2.21. The van der Waals surface area contributed by atoms with Crippen molar-refractivity contribution in [1.82, 2.24) is 29.8 Å². The first-order valence-electron chi connectivity index (χ1n) is 8.83. The summed E-state index contributed by atoms with van der Waals surface area (Å²) < 4.78 is 17.5. The van der Waals surface area contributed by atoms with Crippen molar-refractivity contribution in [3.05, 3.63) is 70.5 Å². The third-order valence-electron chi connectivity index (χ3n) is 4.21. The van der Waals surface area contributed by atoms with Crippen molar-refractivity contribution in [2.24, 2.45) is 0 Å². The maximum absolute atomic E-state index is 13.3. The molecule has 0 aliphatic heterocycles. The molecule has 0 aliphatic carbocycles. The summed E-state index contributed by atoms with van der Waals surface area (Å²) in [6, 6.07) is 7.64. The van der Waals surface area contributed by atoms with E-state index in [-0.39, 0.29) is 17.8 Å². The lowest BCUT2D eigenvalue weighted by atomic mass is 10.0. The summed E-state index contributed by atoms with van der Waals surface area (Å²) in [6.45, 7) is 1.19. The number of nitrogens with one attached hydrogen (secondary N) is 1. The molecule has 148 valence electrons. The highest BCUT2D eigenvalue weighted by Crippen LogP contribution is 2.18. The van der Waals surface area contributed by atoms with E-state index in [9.17, 15) is 9.18 Å². The second kappa shape index (κ2) is 9.11. The van der Waals surface area contributed by atoms with Gasteiger partial charge in [0.2, 0.25) is 0 Å². The second-order valence-electron chi connectivity index (χ2n) is 6.75. The summed E-state index contributed by atoms with van der Waals surface area (Å²) in [5.74, 6) is -0.570. The van der Waals surface area contributed by atoms with Gasteiger partial charge in [-0.15, -0.1) is 0 Å². The SMILES string of the molecule is CN(C)CCC(NC(=O)c1ccn(Cn2cc(Br)cn2)n1)c1ccc(F)cc1. The summed E-state index contributed by atoms with van der Waals surface area (Å²) in [5.41, 5.74) is 1.18. The highest BCUT2D eigenvalue weighted by Gasteiger charge is 2.18. The van der Waals surface area contributed by atoms with Crippen LogP contribution in [0.5, 0.6) is 0 Å². The molecule has 7 nitrogen and oxygen atoms in total. The van der Waals surface area contributed by atoms with Crippen LogP contribution in [0.25, 0.3) is 0 Å². The number of hydrogen-bond donors (Lipinski definition) is 1. The van der Waals surface area contributed by atoms with Gasteiger partial charge in [-0.05, 0) is 66.8 Å². The van der Waals surface area contributed by atoms with Crippen molar-refractivity contribution in [2.45, 2.75) is 19.1 Å². The van der Waals surface area contributed by atoms with E-state index in [0.29, 0.717) is 18.8 Å². The fraction of sp³-hybridized carbons (Fsp3) is 0.316. The fourth-order valence-electron chi connectivity index (χ4n) is 2.76. The van der Waals surface area contributed by atoms with Gasteiger partial charge >= 0.3 is 0 Å². The molecule has 1 unspecified atom stereocenters. The molecule has 0 saturated carbocycles. The first kappa shape index (κ1) is 20.2. The van der Waals surface area contributed by atoms with Crippen LogP contribution in [-0.4, -0.2) is 51.0 Å². The Hall–Kier alpha value is -2.52. The average molecular weight is 449 g/mol. The van der Waals surface area contributed by atoms with Gasteiger partial charge in [0.05, 0.1) is 16.7 Å². The van der Waals surface area contributed by atoms with E-state index in [0.717, 1.165) is 16.6 Å². The van der Waals surface area contributed by atoms with E-state index in [1.807, 2.05) is 25.2 Å². The van der Waals surface area contributed by atoms with Gasteiger partial charge in [-0.1, -0.05) is 12.1 Å². The topological polar surface area (TPSA) is 68.0 Å². The first-order chi connectivity index (χ1) is 13.4. The van der Waals surface area contributed by atoms with Crippen LogP contribution in [0.1, 0.15) is 28.5 Å². The van der Waals surface area contributed by atoms with E-state index in [1.54, 1.807) is 40.0 Å². The largest absolute Gasteiger partial charge is 0.344 e. The van der Waals surface area contributed by atoms with E-state index in [2.05, 4.69) is 31.4 Å². The number of hydrogen-bond acceptors (Lipinski definition) is 4. The van der Waals surface area contributed by atoms with Gasteiger partial charge in [-0.25, -0.2) is 9.07 Å². The maximum atomic E-state index is 13.3. The number of amides is 1. The number of nitrogens with zero attached hydrogens (tertiary/aromatic N) is 5. The van der Waals surface area contributed by atoms with Gasteiger partial charge in [-0.2, -0.15) is 10.2 Å². The Balaban J connectivity index is 1.69. The molecule has 3 aromatic rings. The lowest BCUT2D eigenvalue weighted by Crippen LogP contribution is -2.31. The molecule has 1 N–H and O–H groups in total. The highest BCUT2D eigenvalue weighted by atomic mass is 79.9. The van der Waals surface area contributed by atoms with Gasteiger partial charge < -0.3 is 10.2 Å². The van der Waals surface area contributed by atoms with Crippen LogP contribution in [0.3, 0.4) is 0 Å². The van der Waals surface area contributed by atoms with E-state index in [4.69, 9.17) is 0 Å². The Morgan fingerprint density at radius 1 is 1.25 bits per heavy atom. The van der Waals surface area contributed by atoms with Gasteiger partial charge in [0.25, 0.3) is 5.91 Å². The van der Waals surface area contributed by atoms with Gasteiger partial charge in [-0.3, -0.25) is 9.48 Å². The minimum absolute atomic E-state index is 0.234. The summed E-state index contributed by atoms with van der Waals surface area (Å²) in [5, 5.41) is 11.5. The number of carbonyl (C=O) groups excluding carboxylic acids is 1. The van der Waals surface area contributed by atoms with Crippen molar-refractivity contribution < 1.29 is 9.18 Å². The third kappa shape index (κ3) is 5.49. The summed E-state index contributed by atoms with van der Waals surface area (Å²) in [7, 11) is 3.94. The average Bonchev–Trinajstić information content (AvgIpc) is 3.28. The summed E-state index contributed by atoms with van der Waals surface area (Å²) in [6.07, 6.45) is 5.95. The van der Waals surface area contributed by atoms with Gasteiger partial charge in [0, 0.05) is 12.4 Å². The van der Waals surface area contributed by atoms with Crippen LogP contribution < -0.4 is 5.32 Å². The predicted octanol–water partition coefficient (Wildman–Crippen LogP) is 2.91. The Morgan fingerprint density at radius 2 is 2.00 bits per heavy atom. The summed E-state index contributed by atoms with van der Waals surface area (Å²) >= 11 is 3.35. The maximum Gasteiger partial charge on any atom is 0.272 e. The molecule has 9 heteroatoms. The number of aromatic nitrogens is 4. The van der Waals surface area contributed by atoms with Crippen LogP contribution in [0.4, 0.5) is 4.39 Å². The minimum Gasteiger partial charge on any atom is -0.344 e. The van der Waals surface area contributed by atoms with Crippen molar-refractivity contribution in [1.29, 1.82) is 0 Å². The molecule has 2 heterocycles. The molecular weight excluding hydrogens is 427 g/mol. The van der Waals surface area contributed by atoms with Crippen molar-refractivity contribution >= 4 is 21.8 Å². The van der Waals surface area contributed by atoms with Crippen LogP contribution in [0.15, 0.2) is 53.4 Å². The normalized spacial score (nSPS) is 12.3. The third-order valence-corrected chi connectivity index (χ3v) is 4.62. The van der Waals surface area contributed by atoms with Gasteiger partial charge in [0.1, 0.15) is 18.2 Å². The Labute approximate surface area is 171 Å². The lowest BCUT2D eigenvalue weighted by molar-refractivity contribution is 0.0926. The smallest absolute Gasteiger partial charge is 0.272 e. The minimum atomic E-state index is -0.301. The van der Waals surface area contributed by atoms with E-state index in [1.165, 1.54) is 12.1 Å². The molecular formula is C19H22BrFN6O. The molecule has 1 aromatic carbocycles. The molecule has 0 bridgehead atoms. The van der Waals surface area contributed by atoms with Crippen molar-refractivity contribution in [2.75, 3.05) is 20.6 Å². The number of carbonyl (C=O) groups is 1. The highest BCUT2D eigenvalue weighted by molar-refractivity contribution is 9.10. The van der Waals surface area contributed by atoms with Crippen LogP contribution in [0.2, 0.25) is 0 Å². The number of rotatable bonds is 8. The van der Waals surface area contributed by atoms with Gasteiger partial charge in [0.15, 0.2) is 0 Å². The monoisotopic (exact) mass is 448 g/mol. The fourth-order valence-corrected chi connectivity index (χ4v) is 3.09. The number of halogens is 2. The molecule has 2 aromatic heterocycles. The number of benzene rings is 1. The molecule has 3 rings (SSSR count). The Kier molecular flexibility index (Phi) is 6.58. The van der Waals surface area contributed by atoms with Crippen LogP contribution in [-0.2, 0) is 6.67 Å². The first-order valence-corrected chi connectivity index (χ1v) is 9.62. The van der Waals surface area contributed by atoms with Crippen LogP contribution >= 0.6 is 15.9 Å². The zero-order chi connectivity index (χ0) is 20.1. The molecule has 1 atom stereocenters. The quantitative estimate of drug-likeness (QED) is 0.575.